The third-order valence-corrected chi connectivity index (χ3v) is 3.75. The molecular weight excluding hydrogens is 264 g/mol. The second-order valence-electron chi connectivity index (χ2n) is 5.53. The molecule has 4 heteroatoms. The van der Waals surface area contributed by atoms with Gasteiger partial charge in [0.05, 0.1) is 6.61 Å². The van der Waals surface area contributed by atoms with Crippen molar-refractivity contribution >= 4 is 5.91 Å². The molecule has 0 bridgehead atoms. The molecule has 1 aliphatic rings. The lowest BCUT2D eigenvalue weighted by atomic mass is 10.1. The lowest BCUT2D eigenvalue weighted by Crippen LogP contribution is -2.37. The number of nitrogens with one attached hydrogen (secondary N) is 1. The average molecular weight is 290 g/mol. The summed E-state index contributed by atoms with van der Waals surface area (Å²) >= 11 is 0. The van der Waals surface area contributed by atoms with E-state index in [-0.39, 0.29) is 5.91 Å². The van der Waals surface area contributed by atoms with Crippen LogP contribution in [0.2, 0.25) is 0 Å². The Hall–Kier alpha value is -1.55. The van der Waals surface area contributed by atoms with E-state index in [4.69, 9.17) is 4.74 Å². The van der Waals surface area contributed by atoms with Gasteiger partial charge in [-0.05, 0) is 56.6 Å². The maximum atomic E-state index is 12.0. The summed E-state index contributed by atoms with van der Waals surface area (Å²) in [6.45, 7) is 6.78. The van der Waals surface area contributed by atoms with Gasteiger partial charge in [0.2, 0.25) is 0 Å². The van der Waals surface area contributed by atoms with Crippen molar-refractivity contribution in [2.45, 2.75) is 32.6 Å². The van der Waals surface area contributed by atoms with E-state index in [1.165, 1.54) is 32.4 Å². The van der Waals surface area contributed by atoms with Gasteiger partial charge >= 0.3 is 0 Å². The Bertz CT molecular complexity index is 425. The number of hydrogen-bond acceptors (Lipinski definition) is 3. The van der Waals surface area contributed by atoms with E-state index in [9.17, 15) is 4.79 Å². The quantitative estimate of drug-likeness (QED) is 0.839. The first-order valence-electron chi connectivity index (χ1n) is 8.03. The largest absolute Gasteiger partial charge is 0.494 e. The molecule has 1 N–H and O–H groups in total. The number of likely N-dealkylation sites (tertiary alicyclic amines) is 1. The number of benzene rings is 1. The van der Waals surface area contributed by atoms with Gasteiger partial charge in [-0.15, -0.1) is 0 Å². The molecule has 21 heavy (non-hydrogen) atoms. The number of amides is 1. The molecule has 0 aliphatic carbocycles. The van der Waals surface area contributed by atoms with Crippen LogP contribution < -0.4 is 10.1 Å². The molecule has 0 unspecified atom stereocenters. The summed E-state index contributed by atoms with van der Waals surface area (Å²) in [5.41, 5.74) is 0.692. The van der Waals surface area contributed by atoms with Crippen LogP contribution in [0, 0.1) is 0 Å². The van der Waals surface area contributed by atoms with Gasteiger partial charge < -0.3 is 15.0 Å². The van der Waals surface area contributed by atoms with Crippen LogP contribution in [0.25, 0.3) is 0 Å². The molecule has 1 aromatic rings. The second kappa shape index (κ2) is 8.67. The molecule has 0 saturated carbocycles. The van der Waals surface area contributed by atoms with Crippen molar-refractivity contribution in [1.82, 2.24) is 10.2 Å². The number of hydrogen-bond donors (Lipinski definition) is 1. The Morgan fingerprint density at radius 1 is 1.19 bits per heavy atom. The van der Waals surface area contributed by atoms with Crippen LogP contribution in [-0.4, -0.2) is 43.6 Å². The smallest absolute Gasteiger partial charge is 0.251 e. The van der Waals surface area contributed by atoms with Crippen molar-refractivity contribution in [3.05, 3.63) is 29.8 Å². The maximum Gasteiger partial charge on any atom is 0.251 e. The van der Waals surface area contributed by atoms with Gasteiger partial charge in [-0.25, -0.2) is 0 Å². The van der Waals surface area contributed by atoms with Crippen LogP contribution in [-0.2, 0) is 0 Å². The topological polar surface area (TPSA) is 41.6 Å². The molecule has 116 valence electrons. The number of nitrogens with zero attached hydrogens (tertiary/aromatic N) is 1. The number of ether oxygens (including phenoxy) is 1. The second-order valence-corrected chi connectivity index (χ2v) is 5.53. The predicted molar refractivity (Wildman–Crippen MR) is 84.9 cm³/mol. The molecule has 0 atom stereocenters. The SMILES string of the molecule is CCCOc1ccc(C(=O)NCCN2CCCCC2)cc1. The standard InChI is InChI=1S/C17H26N2O2/c1-2-14-21-16-8-6-15(7-9-16)17(20)18-10-13-19-11-4-3-5-12-19/h6-9H,2-5,10-14H2,1H3,(H,18,20). The zero-order valence-electron chi connectivity index (χ0n) is 12.9. The lowest BCUT2D eigenvalue weighted by molar-refractivity contribution is 0.0946. The molecule has 1 saturated heterocycles. The van der Waals surface area contributed by atoms with Crippen molar-refractivity contribution in [1.29, 1.82) is 0 Å². The normalized spacial score (nSPS) is 15.7. The summed E-state index contributed by atoms with van der Waals surface area (Å²) in [5.74, 6) is 0.816. The summed E-state index contributed by atoms with van der Waals surface area (Å²) in [6, 6.07) is 7.35. The summed E-state index contributed by atoms with van der Waals surface area (Å²) in [7, 11) is 0. The van der Waals surface area contributed by atoms with Crippen molar-refractivity contribution in [3.63, 3.8) is 0 Å². The van der Waals surface area contributed by atoms with E-state index >= 15 is 0 Å². The third kappa shape index (κ3) is 5.38. The van der Waals surface area contributed by atoms with E-state index in [2.05, 4.69) is 17.1 Å². The molecule has 0 spiro atoms. The van der Waals surface area contributed by atoms with E-state index < -0.39 is 0 Å². The number of carbonyl (C=O) groups is 1. The van der Waals surface area contributed by atoms with Crippen LogP contribution in [0.4, 0.5) is 0 Å². The van der Waals surface area contributed by atoms with E-state index in [0.717, 1.165) is 18.7 Å². The number of carbonyl (C=O) groups excluding carboxylic acids is 1. The van der Waals surface area contributed by atoms with Crippen LogP contribution in [0.1, 0.15) is 43.0 Å². The van der Waals surface area contributed by atoms with Crippen LogP contribution in [0.15, 0.2) is 24.3 Å². The molecule has 1 aromatic carbocycles. The molecule has 0 radical (unpaired) electrons. The lowest BCUT2D eigenvalue weighted by Gasteiger charge is -2.26. The molecule has 1 fully saturated rings. The first-order valence-corrected chi connectivity index (χ1v) is 8.03. The molecule has 2 rings (SSSR count). The van der Waals surface area contributed by atoms with Crippen molar-refractivity contribution in [3.8, 4) is 5.75 Å². The molecule has 1 aliphatic heterocycles. The molecular formula is C17H26N2O2. The van der Waals surface area contributed by atoms with Crippen molar-refractivity contribution < 1.29 is 9.53 Å². The van der Waals surface area contributed by atoms with Crippen LogP contribution in [0.3, 0.4) is 0 Å². The number of rotatable bonds is 7. The minimum Gasteiger partial charge on any atom is -0.494 e. The summed E-state index contributed by atoms with van der Waals surface area (Å²) in [5, 5.41) is 2.99. The van der Waals surface area contributed by atoms with E-state index in [1.54, 1.807) is 0 Å². The third-order valence-electron chi connectivity index (χ3n) is 3.75. The van der Waals surface area contributed by atoms with Crippen LogP contribution in [0.5, 0.6) is 5.75 Å². The Kier molecular flexibility index (Phi) is 6.54. The molecule has 4 nitrogen and oxygen atoms in total. The summed E-state index contributed by atoms with van der Waals surface area (Å²) < 4.78 is 5.51. The highest BCUT2D eigenvalue weighted by molar-refractivity contribution is 5.94. The van der Waals surface area contributed by atoms with Gasteiger partial charge in [0, 0.05) is 18.7 Å². The Balaban J connectivity index is 1.72. The van der Waals surface area contributed by atoms with Gasteiger partial charge in [-0.1, -0.05) is 13.3 Å². The molecule has 1 amide bonds. The summed E-state index contributed by atoms with van der Waals surface area (Å²) in [4.78, 5) is 14.5. The summed E-state index contributed by atoms with van der Waals surface area (Å²) in [6.07, 6.45) is 4.90. The molecule has 0 aromatic heterocycles. The van der Waals surface area contributed by atoms with Gasteiger partial charge in [0.25, 0.3) is 5.91 Å². The maximum absolute atomic E-state index is 12.0. The average Bonchev–Trinajstić information content (AvgIpc) is 2.54. The van der Waals surface area contributed by atoms with E-state index in [1.807, 2.05) is 24.3 Å². The highest BCUT2D eigenvalue weighted by atomic mass is 16.5. The highest BCUT2D eigenvalue weighted by Crippen LogP contribution is 2.12. The zero-order chi connectivity index (χ0) is 14.9. The first-order chi connectivity index (χ1) is 10.3. The molecule has 1 heterocycles. The van der Waals surface area contributed by atoms with E-state index in [0.29, 0.717) is 18.7 Å². The van der Waals surface area contributed by atoms with Gasteiger partial charge in [0.15, 0.2) is 0 Å². The Labute approximate surface area is 127 Å². The minimum atomic E-state index is -0.00551. The van der Waals surface area contributed by atoms with Gasteiger partial charge in [-0.2, -0.15) is 0 Å². The van der Waals surface area contributed by atoms with Crippen molar-refractivity contribution in [2.75, 3.05) is 32.8 Å². The monoisotopic (exact) mass is 290 g/mol. The zero-order valence-corrected chi connectivity index (χ0v) is 12.9. The van der Waals surface area contributed by atoms with Crippen molar-refractivity contribution in [2.24, 2.45) is 0 Å². The van der Waals surface area contributed by atoms with Gasteiger partial charge in [0.1, 0.15) is 5.75 Å². The fraction of sp³-hybridized carbons (Fsp3) is 0.588. The predicted octanol–water partition coefficient (Wildman–Crippen LogP) is 2.69. The minimum absolute atomic E-state index is 0.00551. The van der Waals surface area contributed by atoms with Gasteiger partial charge in [-0.3, -0.25) is 4.79 Å². The highest BCUT2D eigenvalue weighted by Gasteiger charge is 2.10. The number of piperidine rings is 1. The Morgan fingerprint density at radius 2 is 1.90 bits per heavy atom. The fourth-order valence-electron chi connectivity index (χ4n) is 2.54. The first kappa shape index (κ1) is 15.8. The van der Waals surface area contributed by atoms with Crippen LogP contribution >= 0.6 is 0 Å². The fourth-order valence-corrected chi connectivity index (χ4v) is 2.54. The Morgan fingerprint density at radius 3 is 2.57 bits per heavy atom.